The van der Waals surface area contributed by atoms with Crippen LogP contribution in [0.2, 0.25) is 0 Å². The van der Waals surface area contributed by atoms with E-state index in [4.69, 9.17) is 29.0 Å². The molecule has 1 aliphatic carbocycles. The fraction of sp³-hybridized carbons (Fsp3) is 0.583. The zero-order valence-electron chi connectivity index (χ0n) is 29.5. The third kappa shape index (κ3) is 5.88. The molecule has 3 saturated heterocycles. The lowest BCUT2D eigenvalue weighted by Gasteiger charge is -2.50. The van der Waals surface area contributed by atoms with Gasteiger partial charge in [0.25, 0.3) is 0 Å². The van der Waals surface area contributed by atoms with Crippen LogP contribution >= 0.6 is 0 Å². The fourth-order valence-electron chi connectivity index (χ4n) is 7.55. The van der Waals surface area contributed by atoms with Crippen molar-refractivity contribution >= 4 is 29.5 Å². The number of benzene rings is 1. The number of methoxy groups -OCH3 is 1. The smallest absolute Gasteiger partial charge is 0.419 e. The van der Waals surface area contributed by atoms with Gasteiger partial charge in [0.05, 0.1) is 25.6 Å². The van der Waals surface area contributed by atoms with Crippen molar-refractivity contribution in [3.05, 3.63) is 59.5 Å². The van der Waals surface area contributed by atoms with Gasteiger partial charge >= 0.3 is 18.2 Å². The zero-order chi connectivity index (χ0) is 34.9. The van der Waals surface area contributed by atoms with Crippen molar-refractivity contribution < 1.29 is 33.3 Å². The number of carbonyl (C=O) groups excluding carboxylic acids is 3. The minimum Gasteiger partial charge on any atom is -0.469 e. The van der Waals surface area contributed by atoms with Gasteiger partial charge in [0, 0.05) is 30.5 Å². The number of aromatic nitrogens is 3. The first kappa shape index (κ1) is 33.7. The van der Waals surface area contributed by atoms with Crippen molar-refractivity contribution in [2.75, 3.05) is 38.3 Å². The summed E-state index contributed by atoms with van der Waals surface area (Å²) in [6.45, 7) is 16.3. The molecule has 1 aromatic carbocycles. The lowest BCUT2D eigenvalue weighted by Crippen LogP contribution is -2.62. The van der Waals surface area contributed by atoms with E-state index in [-0.39, 0.29) is 18.6 Å². The summed E-state index contributed by atoms with van der Waals surface area (Å²) in [6, 6.07) is 12.7. The molecule has 0 N–H and O–H groups in total. The Bertz CT molecular complexity index is 1720. The average molecular weight is 662 g/mol. The Morgan fingerprint density at radius 3 is 2.29 bits per heavy atom. The molecule has 4 atom stereocenters. The highest BCUT2D eigenvalue weighted by atomic mass is 16.6. The molecule has 12 nitrogen and oxygen atoms in total. The zero-order valence-corrected chi connectivity index (χ0v) is 29.5. The van der Waals surface area contributed by atoms with Gasteiger partial charge in [-0.3, -0.25) is 4.79 Å². The number of ether oxygens (including phenoxy) is 4. The van der Waals surface area contributed by atoms with E-state index < -0.39 is 46.3 Å². The van der Waals surface area contributed by atoms with E-state index >= 15 is 0 Å². The van der Waals surface area contributed by atoms with Gasteiger partial charge in [-0.15, -0.1) is 5.10 Å². The number of esters is 1. The van der Waals surface area contributed by atoms with Gasteiger partial charge in [-0.1, -0.05) is 37.3 Å². The highest BCUT2D eigenvalue weighted by molar-refractivity contribution is 5.88. The Labute approximate surface area is 281 Å². The van der Waals surface area contributed by atoms with Crippen molar-refractivity contribution in [1.82, 2.24) is 19.5 Å². The Balaban J connectivity index is 1.30. The normalized spacial score (nSPS) is 26.7. The van der Waals surface area contributed by atoms with E-state index in [0.717, 1.165) is 35.7 Å². The Morgan fingerprint density at radius 1 is 1.04 bits per heavy atom. The van der Waals surface area contributed by atoms with Crippen LogP contribution in [0.4, 0.5) is 15.3 Å². The molecule has 4 aliphatic rings. The highest BCUT2D eigenvalue weighted by Gasteiger charge is 2.76. The maximum absolute atomic E-state index is 13.5. The third-order valence-electron chi connectivity index (χ3n) is 9.74. The number of hydrogen-bond donors (Lipinski definition) is 0. The number of hydrogen-bond acceptors (Lipinski definition) is 10. The van der Waals surface area contributed by atoms with Crippen molar-refractivity contribution in [2.45, 2.75) is 90.4 Å². The highest BCUT2D eigenvalue weighted by Crippen LogP contribution is 2.67. The minimum atomic E-state index is -1.18. The number of fused-ring (bicyclic) bond motifs is 2. The molecule has 0 radical (unpaired) electrons. The monoisotopic (exact) mass is 661 g/mol. The Hall–Kier alpha value is -4.19. The first-order chi connectivity index (χ1) is 22.4. The van der Waals surface area contributed by atoms with Crippen LogP contribution in [0.25, 0.3) is 5.65 Å². The molecule has 3 unspecified atom stereocenters. The molecule has 2 bridgehead atoms. The molecule has 5 heterocycles. The molecule has 48 heavy (non-hydrogen) atoms. The summed E-state index contributed by atoms with van der Waals surface area (Å²) in [7, 11) is 1.31. The van der Waals surface area contributed by atoms with Crippen molar-refractivity contribution in [1.29, 1.82) is 0 Å². The summed E-state index contributed by atoms with van der Waals surface area (Å²) < 4.78 is 24.6. The van der Waals surface area contributed by atoms with Crippen molar-refractivity contribution in [3.8, 4) is 0 Å². The lowest BCUT2D eigenvalue weighted by molar-refractivity contribution is -0.175. The molecular formula is C36H47N5O7. The molecule has 1 saturated carbocycles. The molecule has 7 rings (SSSR count). The topological polar surface area (TPSA) is 125 Å². The maximum atomic E-state index is 13.5. The predicted molar refractivity (Wildman–Crippen MR) is 178 cm³/mol. The number of carbonyl (C=O) groups is 3. The van der Waals surface area contributed by atoms with Gasteiger partial charge in [0.15, 0.2) is 11.5 Å². The standard InChI is InChI=1S/C36H47N5O7/c1-23-17-25(39-16-15-34(8,20-39)24-13-11-10-12-14-24)18-41-27(23)37-29(38-41)36-19-35(22-46-36,26(36)28(42)45-9)21-40(30(43)47-32(2,3)4)31(44)48-33(5,6)7/h10-14,17-18,26H,15-16,19-22H2,1-9H3/t26?,34-,35?,36?/m0/s1. The molecule has 258 valence electrons. The first-order valence-electron chi connectivity index (χ1n) is 16.5. The van der Waals surface area contributed by atoms with Crippen LogP contribution in [0.15, 0.2) is 42.6 Å². The van der Waals surface area contributed by atoms with E-state index in [1.165, 1.54) is 12.7 Å². The number of amides is 2. The Kier molecular flexibility index (Phi) is 8.05. The summed E-state index contributed by atoms with van der Waals surface area (Å²) in [5.41, 5.74) is 0.142. The lowest BCUT2D eigenvalue weighted by atomic mass is 9.53. The molecule has 12 heteroatoms. The molecule has 2 aromatic heterocycles. The summed E-state index contributed by atoms with van der Waals surface area (Å²) in [6.07, 6.45) is 1.58. The summed E-state index contributed by atoms with van der Waals surface area (Å²) in [5, 5.41) is 4.89. The number of imide groups is 1. The van der Waals surface area contributed by atoms with Crippen molar-refractivity contribution in [3.63, 3.8) is 0 Å². The second-order valence-corrected chi connectivity index (χ2v) is 15.9. The second kappa shape index (κ2) is 11.5. The molecule has 3 aromatic rings. The van der Waals surface area contributed by atoms with Crippen LogP contribution < -0.4 is 4.90 Å². The number of anilines is 1. The largest absolute Gasteiger partial charge is 0.469 e. The van der Waals surface area contributed by atoms with E-state index in [1.807, 2.05) is 19.2 Å². The van der Waals surface area contributed by atoms with E-state index in [0.29, 0.717) is 17.9 Å². The van der Waals surface area contributed by atoms with E-state index in [9.17, 15) is 14.4 Å². The van der Waals surface area contributed by atoms with Crippen LogP contribution in [0, 0.1) is 18.3 Å². The number of aryl methyl sites for hydroxylation is 1. The average Bonchev–Trinajstić information content (AvgIpc) is 3.76. The number of pyridine rings is 1. The van der Waals surface area contributed by atoms with Crippen LogP contribution in [0.5, 0.6) is 0 Å². The van der Waals surface area contributed by atoms with Crippen LogP contribution in [-0.2, 0) is 34.8 Å². The van der Waals surface area contributed by atoms with Gasteiger partial charge in [-0.2, -0.15) is 0 Å². The summed E-state index contributed by atoms with van der Waals surface area (Å²) >= 11 is 0. The first-order valence-corrected chi connectivity index (χ1v) is 16.5. The molecular weight excluding hydrogens is 614 g/mol. The molecule has 4 fully saturated rings. The van der Waals surface area contributed by atoms with Crippen LogP contribution in [-0.4, -0.2) is 82.2 Å². The van der Waals surface area contributed by atoms with Gasteiger partial charge in [-0.05, 0) is 78.5 Å². The van der Waals surface area contributed by atoms with Crippen LogP contribution in [0.1, 0.15) is 78.3 Å². The van der Waals surface area contributed by atoms with Crippen LogP contribution in [0.3, 0.4) is 0 Å². The quantitative estimate of drug-likeness (QED) is 0.237. The summed E-state index contributed by atoms with van der Waals surface area (Å²) in [4.78, 5) is 48.4. The molecule has 3 aliphatic heterocycles. The Morgan fingerprint density at radius 2 is 1.69 bits per heavy atom. The maximum Gasteiger partial charge on any atom is 0.419 e. The van der Waals surface area contributed by atoms with Crippen molar-refractivity contribution in [2.24, 2.45) is 11.3 Å². The third-order valence-corrected chi connectivity index (χ3v) is 9.74. The second-order valence-electron chi connectivity index (χ2n) is 15.9. The van der Waals surface area contributed by atoms with Gasteiger partial charge < -0.3 is 23.8 Å². The molecule has 0 spiro atoms. The van der Waals surface area contributed by atoms with E-state index in [2.05, 4.69) is 42.2 Å². The fourth-order valence-corrected chi connectivity index (χ4v) is 7.55. The number of nitrogens with zero attached hydrogens (tertiary/aromatic N) is 5. The minimum absolute atomic E-state index is 0.0315. The summed E-state index contributed by atoms with van der Waals surface area (Å²) in [5.74, 6) is -1.03. The molecule has 2 amide bonds. The van der Waals surface area contributed by atoms with Gasteiger partial charge in [0.2, 0.25) is 0 Å². The van der Waals surface area contributed by atoms with E-state index in [1.54, 1.807) is 46.1 Å². The van der Waals surface area contributed by atoms with Gasteiger partial charge in [-0.25, -0.2) is 24.0 Å². The van der Waals surface area contributed by atoms with Gasteiger partial charge in [0.1, 0.15) is 22.7 Å². The predicted octanol–water partition coefficient (Wildman–Crippen LogP) is 5.78. The SMILES string of the molecule is COC(=O)C1C2(CN(C(=O)OC(C)(C)C)C(=O)OC(C)(C)C)COC1(c1nc3c(C)cc(N4CC[C@](C)(c5ccccc5)C4)cn3n1)C2. The number of rotatable bonds is 6.